The van der Waals surface area contributed by atoms with E-state index < -0.39 is 32.8 Å². The molecular formula is C39H69N3O6SSi2. The zero-order chi connectivity index (χ0) is 38.4. The monoisotopic (exact) mass is 763 g/mol. The second-order valence-corrected chi connectivity index (χ2v) is 30.8. The van der Waals surface area contributed by atoms with Crippen LogP contribution >= 0.6 is 0 Å². The summed E-state index contributed by atoms with van der Waals surface area (Å²) >= 11 is 0. The molecule has 3 aliphatic carbocycles. The molecule has 0 aliphatic heterocycles. The average molecular weight is 764 g/mol. The maximum Gasteiger partial charge on any atom is 0.404 e. The molecule has 0 heterocycles. The predicted molar refractivity (Wildman–Crippen MR) is 213 cm³/mol. The Kier molecular flexibility index (Phi) is 12.2. The van der Waals surface area contributed by atoms with Gasteiger partial charge >= 0.3 is 6.09 Å². The van der Waals surface area contributed by atoms with E-state index in [1.807, 2.05) is 6.92 Å². The van der Waals surface area contributed by atoms with E-state index in [1.165, 1.54) is 0 Å². The van der Waals surface area contributed by atoms with Crippen molar-refractivity contribution in [3.63, 3.8) is 0 Å². The summed E-state index contributed by atoms with van der Waals surface area (Å²) in [6.45, 7) is 30.8. The van der Waals surface area contributed by atoms with Crippen LogP contribution in [0, 0.1) is 41.4 Å². The van der Waals surface area contributed by atoms with E-state index in [9.17, 15) is 18.3 Å². The van der Waals surface area contributed by atoms with E-state index in [-0.39, 0.29) is 55.6 Å². The summed E-state index contributed by atoms with van der Waals surface area (Å²) in [5, 5.41) is 17.5. The molecular weight excluding hydrogens is 695 g/mol. The van der Waals surface area contributed by atoms with Crippen molar-refractivity contribution in [2.24, 2.45) is 39.6 Å². The number of sulfonamides is 1. The highest BCUT2D eigenvalue weighted by Gasteiger charge is 2.58. The molecule has 7 atom stereocenters. The van der Waals surface area contributed by atoms with Gasteiger partial charge in [0.05, 0.1) is 4.90 Å². The third-order valence-electron chi connectivity index (χ3n) is 14.4. The van der Waals surface area contributed by atoms with Gasteiger partial charge in [0.1, 0.15) is 0 Å². The Hall–Kier alpha value is -1.74. The molecule has 0 aromatic heterocycles. The van der Waals surface area contributed by atoms with Crippen molar-refractivity contribution in [2.75, 3.05) is 13.2 Å². The number of rotatable bonds is 11. The van der Waals surface area contributed by atoms with Crippen LogP contribution in [0.2, 0.25) is 36.3 Å². The number of benzene rings is 1. The fourth-order valence-electron chi connectivity index (χ4n) is 8.81. The lowest BCUT2D eigenvalue weighted by Crippen LogP contribution is -2.56. The number of hydrogen-bond donors (Lipinski definition) is 3. The van der Waals surface area contributed by atoms with Crippen LogP contribution in [0.4, 0.5) is 4.79 Å². The number of fused-ring (bicyclic) bond motifs is 1. The van der Waals surface area contributed by atoms with Gasteiger partial charge in [-0.15, -0.1) is 0 Å². The molecule has 3 N–H and O–H groups in total. The van der Waals surface area contributed by atoms with Gasteiger partial charge in [0.2, 0.25) is 0 Å². The first-order chi connectivity index (χ1) is 23.2. The zero-order valence-corrected chi connectivity index (χ0v) is 36.7. The van der Waals surface area contributed by atoms with Crippen LogP contribution in [0.5, 0.6) is 0 Å². The Labute approximate surface area is 311 Å². The van der Waals surface area contributed by atoms with Crippen molar-refractivity contribution < 1.29 is 27.2 Å². The van der Waals surface area contributed by atoms with Gasteiger partial charge in [-0.25, -0.2) is 9.63 Å². The summed E-state index contributed by atoms with van der Waals surface area (Å²) in [7, 11) is -7.84. The lowest BCUT2D eigenvalue weighted by atomic mass is 9.49. The Morgan fingerprint density at radius 1 is 0.941 bits per heavy atom. The van der Waals surface area contributed by atoms with Gasteiger partial charge in [0.25, 0.3) is 10.0 Å². The second kappa shape index (κ2) is 14.8. The van der Waals surface area contributed by atoms with Crippen LogP contribution in [-0.4, -0.2) is 61.2 Å². The van der Waals surface area contributed by atoms with E-state index in [0.29, 0.717) is 19.6 Å². The number of carbonyl (C=O) groups is 1. The van der Waals surface area contributed by atoms with Crippen LogP contribution in [-0.2, 0) is 18.9 Å². The first-order valence-corrected chi connectivity index (χ1v) is 26.5. The first-order valence-electron chi connectivity index (χ1n) is 19.2. The Balaban J connectivity index is 1.66. The average Bonchev–Trinajstić information content (AvgIpc) is 3.34. The minimum absolute atomic E-state index is 0.0746. The molecule has 3 aliphatic rings. The molecule has 51 heavy (non-hydrogen) atoms. The van der Waals surface area contributed by atoms with Crippen molar-refractivity contribution in [3.8, 4) is 0 Å². The van der Waals surface area contributed by atoms with E-state index in [1.54, 1.807) is 24.3 Å². The first kappa shape index (κ1) is 42.0. The van der Waals surface area contributed by atoms with Crippen molar-refractivity contribution in [1.82, 2.24) is 10.1 Å². The van der Waals surface area contributed by atoms with Crippen molar-refractivity contribution in [3.05, 3.63) is 29.8 Å². The van der Waals surface area contributed by atoms with Gasteiger partial charge in [-0.2, -0.15) is 13.5 Å². The van der Waals surface area contributed by atoms with Crippen molar-refractivity contribution >= 4 is 38.5 Å². The molecule has 290 valence electrons. The van der Waals surface area contributed by atoms with Crippen LogP contribution in [0.1, 0.15) is 106 Å². The number of amides is 1. The smallest absolute Gasteiger partial charge is 0.404 e. The molecule has 1 aromatic rings. The van der Waals surface area contributed by atoms with Crippen LogP contribution in [0.3, 0.4) is 0 Å². The minimum Gasteiger partial charge on any atom is -0.465 e. The second-order valence-electron chi connectivity index (χ2n) is 19.6. The molecule has 3 fully saturated rings. The molecule has 3 saturated carbocycles. The van der Waals surface area contributed by atoms with E-state index in [2.05, 4.69) is 96.8 Å². The molecule has 0 bridgehead atoms. The predicted octanol–water partition coefficient (Wildman–Crippen LogP) is 9.56. The van der Waals surface area contributed by atoms with Gasteiger partial charge in [0.15, 0.2) is 16.6 Å². The third kappa shape index (κ3) is 8.98. The van der Waals surface area contributed by atoms with Crippen LogP contribution in [0.25, 0.3) is 0 Å². The molecule has 0 unspecified atom stereocenters. The Bertz CT molecular complexity index is 1530. The van der Waals surface area contributed by atoms with Gasteiger partial charge in [-0.3, -0.25) is 0 Å². The SMILES string of the molecule is Cc1ccc(S(=O)(=O)NN=C2CC[C@H]3[C@H](CNC(=O)O)[C@@H]([C@@]4(C)CC[C@H](O[Si](C)(C)C(C)(C)C)C[C@@H]4CO[Si](C)(C)C(C)(C)C)CC[C@]23C)cc1. The van der Waals surface area contributed by atoms with Gasteiger partial charge in [0, 0.05) is 30.4 Å². The molecule has 1 amide bonds. The number of nitrogens with one attached hydrogen (secondary N) is 2. The Morgan fingerprint density at radius 3 is 2.12 bits per heavy atom. The maximum absolute atomic E-state index is 13.2. The van der Waals surface area contributed by atoms with E-state index in [0.717, 1.165) is 49.8 Å². The highest BCUT2D eigenvalue weighted by Crippen LogP contribution is 2.62. The highest BCUT2D eigenvalue weighted by atomic mass is 32.2. The minimum atomic E-state index is -3.81. The molecule has 4 rings (SSSR count). The number of hydrazone groups is 1. The Morgan fingerprint density at radius 2 is 1.55 bits per heavy atom. The van der Waals surface area contributed by atoms with Gasteiger partial charge in [-0.05, 0) is 129 Å². The van der Waals surface area contributed by atoms with Gasteiger partial charge < -0.3 is 19.3 Å². The lowest BCUT2D eigenvalue weighted by molar-refractivity contribution is -0.0866. The van der Waals surface area contributed by atoms with Crippen LogP contribution in [0.15, 0.2) is 34.3 Å². The quantitative estimate of drug-likeness (QED) is 0.152. The van der Waals surface area contributed by atoms with E-state index in [4.69, 9.17) is 8.85 Å². The fraction of sp³-hybridized carbons (Fsp3) is 0.795. The molecule has 0 spiro atoms. The molecule has 0 radical (unpaired) electrons. The summed E-state index contributed by atoms with van der Waals surface area (Å²) < 4.78 is 40.5. The third-order valence-corrected chi connectivity index (χ3v) is 24.6. The molecule has 0 saturated heterocycles. The largest absolute Gasteiger partial charge is 0.465 e. The number of hydrogen-bond acceptors (Lipinski definition) is 6. The van der Waals surface area contributed by atoms with Crippen molar-refractivity contribution in [1.29, 1.82) is 0 Å². The summed E-state index contributed by atoms with van der Waals surface area (Å²) in [4.78, 5) is 14.7. The number of carboxylic acid groups (broad SMARTS) is 1. The molecule has 12 heteroatoms. The standard InChI is InChI=1S/C39H69N3O6SSi2/c1-27-14-16-30(17-15-27)49(45,46)42-41-34-19-18-32-31(25-40-35(43)44)33(21-23-39(32,34)9)38(8)22-20-29(48-51(12,13)37(5,6)7)24-28(38)26-47-50(10,11)36(2,3)4/h14-17,28-29,31-33,40,42H,18-26H2,1-13H3,(H,43,44)/t28-,29+,31+,32+,33+,38+,39+/m1/s1. The van der Waals surface area contributed by atoms with E-state index >= 15 is 0 Å². The van der Waals surface area contributed by atoms with Crippen molar-refractivity contribution in [2.45, 2.75) is 155 Å². The lowest BCUT2D eigenvalue weighted by Gasteiger charge is -2.57. The zero-order valence-electron chi connectivity index (χ0n) is 33.9. The highest BCUT2D eigenvalue weighted by molar-refractivity contribution is 7.89. The summed E-state index contributed by atoms with van der Waals surface area (Å²) in [5.41, 5.74) is 1.46. The summed E-state index contributed by atoms with van der Waals surface area (Å²) in [6, 6.07) is 6.78. The number of aryl methyl sites for hydroxylation is 1. The van der Waals surface area contributed by atoms with Gasteiger partial charge in [-0.1, -0.05) is 73.1 Å². The topological polar surface area (TPSA) is 126 Å². The molecule has 1 aromatic carbocycles. The fourth-order valence-corrected chi connectivity index (χ4v) is 12.1. The van der Waals surface area contributed by atoms with Crippen LogP contribution < -0.4 is 10.1 Å². The summed E-state index contributed by atoms with van der Waals surface area (Å²) in [6.07, 6.45) is 5.46. The maximum atomic E-state index is 13.2. The normalized spacial score (nSPS) is 31.7. The number of nitrogens with zero attached hydrogens (tertiary/aromatic N) is 1. The molecule has 9 nitrogen and oxygen atoms in total. The summed E-state index contributed by atoms with van der Waals surface area (Å²) in [5.74, 6) is 0.797.